The number of hydrogen-bond donors (Lipinski definition) is 2. The maximum absolute atomic E-state index is 12.0. The van der Waals surface area contributed by atoms with Crippen molar-refractivity contribution >= 4 is 28.4 Å². The highest BCUT2D eigenvalue weighted by atomic mass is 32.1. The SMILES string of the molecule is CCCCCCCCCCc1cc(C(=O)O)c(NC(=O)OCCCCCCCC)s1. The van der Waals surface area contributed by atoms with Gasteiger partial charge in [-0.2, -0.15) is 0 Å². The third-order valence-corrected chi connectivity index (χ3v) is 6.35. The fourth-order valence-corrected chi connectivity index (χ4v) is 4.50. The molecule has 1 amide bonds. The van der Waals surface area contributed by atoms with Crippen molar-refractivity contribution in [2.24, 2.45) is 0 Å². The lowest BCUT2D eigenvalue weighted by Crippen LogP contribution is -2.15. The lowest BCUT2D eigenvalue weighted by molar-refractivity contribution is 0.0698. The molecule has 0 bridgehead atoms. The van der Waals surface area contributed by atoms with Crippen LogP contribution >= 0.6 is 11.3 Å². The number of thiophene rings is 1. The average molecular weight is 440 g/mol. The zero-order valence-corrected chi connectivity index (χ0v) is 19.8. The molecule has 0 saturated heterocycles. The number of aromatic carboxylic acids is 1. The molecule has 0 fully saturated rings. The molecule has 172 valence electrons. The summed E-state index contributed by atoms with van der Waals surface area (Å²) in [6.45, 7) is 4.78. The molecule has 0 saturated carbocycles. The van der Waals surface area contributed by atoms with Crippen LogP contribution in [0.25, 0.3) is 0 Å². The fraction of sp³-hybridized carbons (Fsp3) is 0.750. The molecule has 0 radical (unpaired) electrons. The highest BCUT2D eigenvalue weighted by molar-refractivity contribution is 7.16. The van der Waals surface area contributed by atoms with Crippen LogP contribution in [-0.4, -0.2) is 23.8 Å². The molecule has 5 nitrogen and oxygen atoms in total. The second-order valence-electron chi connectivity index (χ2n) is 8.01. The van der Waals surface area contributed by atoms with Crippen LogP contribution in [0.1, 0.15) is 119 Å². The van der Waals surface area contributed by atoms with E-state index in [1.807, 2.05) is 0 Å². The molecular weight excluding hydrogens is 398 g/mol. The van der Waals surface area contributed by atoms with E-state index in [1.165, 1.54) is 69.1 Å². The van der Waals surface area contributed by atoms with Gasteiger partial charge in [0.25, 0.3) is 0 Å². The second-order valence-corrected chi connectivity index (χ2v) is 9.15. The van der Waals surface area contributed by atoms with Crippen molar-refractivity contribution in [3.8, 4) is 0 Å². The molecule has 1 aromatic heterocycles. The zero-order valence-electron chi connectivity index (χ0n) is 19.0. The van der Waals surface area contributed by atoms with Gasteiger partial charge < -0.3 is 9.84 Å². The highest BCUT2D eigenvalue weighted by Crippen LogP contribution is 2.30. The molecule has 0 spiro atoms. The summed E-state index contributed by atoms with van der Waals surface area (Å²) in [5.74, 6) is -1.01. The molecule has 1 heterocycles. The van der Waals surface area contributed by atoms with Gasteiger partial charge in [-0.1, -0.05) is 90.9 Å². The van der Waals surface area contributed by atoms with Crippen molar-refractivity contribution < 1.29 is 19.4 Å². The summed E-state index contributed by atoms with van der Waals surface area (Å²) < 4.78 is 5.21. The minimum Gasteiger partial charge on any atom is -0.478 e. The highest BCUT2D eigenvalue weighted by Gasteiger charge is 2.17. The van der Waals surface area contributed by atoms with E-state index in [4.69, 9.17) is 4.74 Å². The predicted octanol–water partition coefficient (Wildman–Crippen LogP) is 8.04. The Kier molecular flexibility index (Phi) is 15.1. The number of carbonyl (C=O) groups is 2. The van der Waals surface area contributed by atoms with Gasteiger partial charge in [0.05, 0.1) is 12.2 Å². The van der Waals surface area contributed by atoms with Crippen LogP contribution in [0, 0.1) is 0 Å². The smallest absolute Gasteiger partial charge is 0.412 e. The fourth-order valence-electron chi connectivity index (χ4n) is 3.43. The van der Waals surface area contributed by atoms with Crippen LogP contribution in [0.5, 0.6) is 0 Å². The molecule has 6 heteroatoms. The minimum atomic E-state index is -1.01. The Morgan fingerprint density at radius 3 is 1.97 bits per heavy atom. The van der Waals surface area contributed by atoms with E-state index in [2.05, 4.69) is 19.2 Å². The summed E-state index contributed by atoms with van der Waals surface area (Å²) in [6, 6.07) is 1.69. The number of anilines is 1. The van der Waals surface area contributed by atoms with E-state index in [0.29, 0.717) is 11.6 Å². The molecule has 1 rings (SSSR count). The van der Waals surface area contributed by atoms with Gasteiger partial charge in [-0.3, -0.25) is 5.32 Å². The molecule has 0 unspecified atom stereocenters. The molecule has 0 aliphatic carbocycles. The quantitative estimate of drug-likeness (QED) is 0.227. The largest absolute Gasteiger partial charge is 0.478 e. The Hall–Kier alpha value is -1.56. The van der Waals surface area contributed by atoms with Gasteiger partial charge in [0.2, 0.25) is 0 Å². The van der Waals surface area contributed by atoms with E-state index in [9.17, 15) is 14.7 Å². The maximum atomic E-state index is 12.0. The van der Waals surface area contributed by atoms with Crippen LogP contribution in [-0.2, 0) is 11.2 Å². The first-order valence-electron chi connectivity index (χ1n) is 11.9. The molecule has 1 aromatic rings. The van der Waals surface area contributed by atoms with Gasteiger partial charge in [-0.05, 0) is 25.3 Å². The molecule has 0 aliphatic rings. The Morgan fingerprint density at radius 1 is 0.867 bits per heavy atom. The Labute approximate surface area is 186 Å². The summed E-state index contributed by atoms with van der Waals surface area (Å²) >= 11 is 1.35. The Bertz CT molecular complexity index is 600. The predicted molar refractivity (Wildman–Crippen MR) is 126 cm³/mol. The standard InChI is InChI=1S/C24H41NO4S/c1-3-5-7-9-11-12-13-15-17-20-19-21(23(26)27)22(30-20)25-24(28)29-18-16-14-10-8-6-4-2/h19H,3-18H2,1-2H3,(H,25,28)(H,26,27). The zero-order chi connectivity index (χ0) is 22.0. The first kappa shape index (κ1) is 26.5. The van der Waals surface area contributed by atoms with Crippen molar-refractivity contribution in [3.63, 3.8) is 0 Å². The van der Waals surface area contributed by atoms with Gasteiger partial charge in [-0.15, -0.1) is 11.3 Å². The normalized spacial score (nSPS) is 10.9. The molecule has 30 heavy (non-hydrogen) atoms. The maximum Gasteiger partial charge on any atom is 0.412 e. The molecular formula is C24H41NO4S. The lowest BCUT2D eigenvalue weighted by Gasteiger charge is -2.06. The van der Waals surface area contributed by atoms with E-state index < -0.39 is 12.1 Å². The van der Waals surface area contributed by atoms with Gasteiger partial charge in [0.1, 0.15) is 5.00 Å². The number of carboxylic acid groups (broad SMARTS) is 1. The topological polar surface area (TPSA) is 75.6 Å². The second kappa shape index (κ2) is 17.2. The number of carbonyl (C=O) groups excluding carboxylic acids is 1. The van der Waals surface area contributed by atoms with Crippen molar-refractivity contribution in [3.05, 3.63) is 16.5 Å². The van der Waals surface area contributed by atoms with Crippen molar-refractivity contribution in [2.75, 3.05) is 11.9 Å². The summed E-state index contributed by atoms with van der Waals surface area (Å²) in [6.07, 6.45) is 17.0. The molecule has 2 N–H and O–H groups in total. The van der Waals surface area contributed by atoms with E-state index in [1.54, 1.807) is 6.07 Å². The third-order valence-electron chi connectivity index (χ3n) is 5.24. The van der Waals surface area contributed by atoms with Crippen molar-refractivity contribution in [2.45, 2.75) is 110 Å². The van der Waals surface area contributed by atoms with E-state index >= 15 is 0 Å². The molecule has 0 atom stereocenters. The van der Waals surface area contributed by atoms with Gasteiger partial charge in [0, 0.05) is 4.88 Å². The van der Waals surface area contributed by atoms with Crippen LogP contribution in [0.2, 0.25) is 0 Å². The van der Waals surface area contributed by atoms with Crippen LogP contribution < -0.4 is 5.32 Å². The van der Waals surface area contributed by atoms with Crippen molar-refractivity contribution in [1.82, 2.24) is 0 Å². The monoisotopic (exact) mass is 439 g/mol. The number of aryl methyl sites for hydroxylation is 1. The number of rotatable bonds is 18. The van der Waals surface area contributed by atoms with Crippen LogP contribution in [0.3, 0.4) is 0 Å². The Balaban J connectivity index is 2.31. The summed E-state index contributed by atoms with van der Waals surface area (Å²) in [5, 5.41) is 12.4. The summed E-state index contributed by atoms with van der Waals surface area (Å²) in [4.78, 5) is 24.5. The summed E-state index contributed by atoms with van der Waals surface area (Å²) in [5.41, 5.74) is 0.158. The van der Waals surface area contributed by atoms with Crippen molar-refractivity contribution in [1.29, 1.82) is 0 Å². The minimum absolute atomic E-state index is 0.158. The summed E-state index contributed by atoms with van der Waals surface area (Å²) in [7, 11) is 0. The lowest BCUT2D eigenvalue weighted by atomic mass is 10.1. The third kappa shape index (κ3) is 12.2. The Morgan fingerprint density at radius 2 is 1.40 bits per heavy atom. The average Bonchev–Trinajstić information content (AvgIpc) is 3.12. The molecule has 0 aliphatic heterocycles. The molecule has 0 aromatic carbocycles. The first-order chi connectivity index (χ1) is 14.6. The number of hydrogen-bond acceptors (Lipinski definition) is 4. The van der Waals surface area contributed by atoms with Gasteiger partial charge >= 0.3 is 12.1 Å². The first-order valence-corrected chi connectivity index (χ1v) is 12.7. The van der Waals surface area contributed by atoms with Crippen LogP contribution in [0.15, 0.2) is 6.07 Å². The number of ether oxygens (including phenoxy) is 1. The van der Waals surface area contributed by atoms with E-state index in [-0.39, 0.29) is 5.56 Å². The van der Waals surface area contributed by atoms with Gasteiger partial charge in [-0.25, -0.2) is 9.59 Å². The number of carboxylic acids is 1. The number of nitrogens with one attached hydrogen (secondary N) is 1. The number of amides is 1. The van der Waals surface area contributed by atoms with E-state index in [0.717, 1.165) is 43.4 Å². The van der Waals surface area contributed by atoms with Crippen LogP contribution in [0.4, 0.5) is 9.80 Å². The van der Waals surface area contributed by atoms with Gasteiger partial charge in [0.15, 0.2) is 0 Å². The number of unbranched alkanes of at least 4 members (excludes halogenated alkanes) is 12.